The van der Waals surface area contributed by atoms with Gasteiger partial charge in [0.25, 0.3) is 0 Å². The second-order valence-electron chi connectivity index (χ2n) is 12.6. The monoisotopic (exact) mass is 574 g/mol. The standard InChI is InChI=1S/C33H42N4O3S/c1-9-22-15-13-21(19-34-22)24-17-23(14-12-20(24)2)35-31(40)36-29-25(18-27(41-29)32(3,4)5)28(38)26-11-10-16-37(8)30(39)33(26,6)7/h12-15,17-19,26H,9-11,16H2,1-8H3,(H2,35,36,40). The Morgan fingerprint density at radius 1 is 1.12 bits per heavy atom. The number of thiophene rings is 1. The van der Waals surface area contributed by atoms with E-state index in [9.17, 15) is 14.4 Å². The molecule has 3 aromatic rings. The summed E-state index contributed by atoms with van der Waals surface area (Å²) in [7, 11) is 1.80. The fraction of sp³-hybridized carbons (Fsp3) is 0.455. The fourth-order valence-electron chi connectivity index (χ4n) is 5.39. The molecule has 1 atom stereocenters. The highest BCUT2D eigenvalue weighted by Gasteiger charge is 2.45. The Morgan fingerprint density at radius 3 is 2.49 bits per heavy atom. The average molecular weight is 575 g/mol. The van der Waals surface area contributed by atoms with Crippen molar-refractivity contribution in [1.82, 2.24) is 9.88 Å². The molecule has 1 unspecified atom stereocenters. The second kappa shape index (κ2) is 11.8. The van der Waals surface area contributed by atoms with Crippen molar-refractivity contribution in [2.24, 2.45) is 11.3 Å². The Bertz CT molecular complexity index is 1450. The molecule has 1 fully saturated rings. The lowest BCUT2D eigenvalue weighted by Crippen LogP contribution is -2.43. The number of Topliss-reactive ketones (excluding diaryl/α,β-unsaturated/α-hetero) is 1. The highest BCUT2D eigenvalue weighted by Crippen LogP contribution is 2.42. The molecule has 0 saturated carbocycles. The van der Waals surface area contributed by atoms with Gasteiger partial charge in [-0.1, -0.05) is 53.7 Å². The van der Waals surface area contributed by atoms with Crippen LogP contribution in [0.1, 0.15) is 80.9 Å². The third-order valence-electron chi connectivity index (χ3n) is 8.03. The Balaban J connectivity index is 1.61. The highest BCUT2D eigenvalue weighted by molar-refractivity contribution is 7.16. The zero-order chi connectivity index (χ0) is 30.1. The minimum absolute atomic E-state index is 0.0263. The molecule has 1 aliphatic heterocycles. The van der Waals surface area contributed by atoms with E-state index in [2.05, 4.69) is 43.3 Å². The summed E-state index contributed by atoms with van der Waals surface area (Å²) in [5.74, 6) is -0.596. The molecule has 0 bridgehead atoms. The van der Waals surface area contributed by atoms with Crippen LogP contribution >= 0.6 is 11.3 Å². The highest BCUT2D eigenvalue weighted by atomic mass is 32.1. The van der Waals surface area contributed by atoms with Crippen LogP contribution in [0, 0.1) is 18.3 Å². The first-order chi connectivity index (χ1) is 19.2. The number of pyridine rings is 1. The first-order valence-corrected chi connectivity index (χ1v) is 15.1. The molecular weight excluding hydrogens is 532 g/mol. The van der Waals surface area contributed by atoms with E-state index in [1.54, 1.807) is 11.9 Å². The van der Waals surface area contributed by atoms with Crippen LogP contribution < -0.4 is 10.6 Å². The number of hydrogen-bond acceptors (Lipinski definition) is 5. The first-order valence-electron chi connectivity index (χ1n) is 14.3. The van der Waals surface area contributed by atoms with Gasteiger partial charge in [-0.3, -0.25) is 19.9 Å². The van der Waals surface area contributed by atoms with Crippen molar-refractivity contribution >= 4 is 39.7 Å². The summed E-state index contributed by atoms with van der Waals surface area (Å²) in [6, 6.07) is 11.3. The molecular formula is C33H42N4O3S. The maximum atomic E-state index is 14.1. The topological polar surface area (TPSA) is 91.4 Å². The molecule has 2 aromatic heterocycles. The van der Waals surface area contributed by atoms with Crippen molar-refractivity contribution < 1.29 is 14.4 Å². The zero-order valence-electron chi connectivity index (χ0n) is 25.5. The van der Waals surface area contributed by atoms with Gasteiger partial charge < -0.3 is 10.2 Å². The Morgan fingerprint density at radius 2 is 1.85 bits per heavy atom. The quantitative estimate of drug-likeness (QED) is 0.295. The van der Waals surface area contributed by atoms with Gasteiger partial charge in [-0.15, -0.1) is 11.3 Å². The van der Waals surface area contributed by atoms with Crippen LogP contribution in [0.5, 0.6) is 0 Å². The molecule has 8 heteroatoms. The van der Waals surface area contributed by atoms with Crippen LogP contribution in [0.25, 0.3) is 11.1 Å². The number of urea groups is 1. The number of rotatable bonds is 6. The lowest BCUT2D eigenvalue weighted by molar-refractivity contribution is -0.139. The number of carbonyl (C=O) groups is 3. The molecule has 218 valence electrons. The molecule has 3 heterocycles. The van der Waals surface area contributed by atoms with Crippen molar-refractivity contribution in [2.75, 3.05) is 24.2 Å². The summed E-state index contributed by atoms with van der Waals surface area (Å²) in [4.78, 5) is 47.7. The summed E-state index contributed by atoms with van der Waals surface area (Å²) < 4.78 is 0. The van der Waals surface area contributed by atoms with Crippen LogP contribution in [0.2, 0.25) is 0 Å². The number of benzene rings is 1. The van der Waals surface area contributed by atoms with Gasteiger partial charge in [-0.05, 0) is 67.0 Å². The van der Waals surface area contributed by atoms with Crippen molar-refractivity contribution in [3.63, 3.8) is 0 Å². The van der Waals surface area contributed by atoms with E-state index in [4.69, 9.17) is 0 Å². The van der Waals surface area contributed by atoms with E-state index in [0.717, 1.165) is 40.1 Å². The summed E-state index contributed by atoms with van der Waals surface area (Å²) in [5, 5.41) is 6.42. The maximum absolute atomic E-state index is 14.1. The number of likely N-dealkylation sites (tertiary alicyclic amines) is 1. The molecule has 41 heavy (non-hydrogen) atoms. The second-order valence-corrected chi connectivity index (χ2v) is 13.7. The molecule has 0 aliphatic carbocycles. The van der Waals surface area contributed by atoms with Crippen molar-refractivity contribution in [1.29, 1.82) is 0 Å². The number of aromatic nitrogens is 1. The van der Waals surface area contributed by atoms with Gasteiger partial charge in [0.05, 0.1) is 11.0 Å². The number of ketones is 1. The summed E-state index contributed by atoms with van der Waals surface area (Å²) in [6.07, 6.45) is 4.11. The molecule has 1 aliphatic rings. The molecule has 4 rings (SSSR count). The van der Waals surface area contributed by atoms with Crippen molar-refractivity contribution in [3.05, 3.63) is 64.3 Å². The van der Waals surface area contributed by atoms with Gasteiger partial charge in [0, 0.05) is 47.5 Å². The van der Waals surface area contributed by atoms with Gasteiger partial charge in [-0.25, -0.2) is 4.79 Å². The predicted octanol–water partition coefficient (Wildman–Crippen LogP) is 7.70. The largest absolute Gasteiger partial charge is 0.345 e. The van der Waals surface area contributed by atoms with Crippen LogP contribution in [0.15, 0.2) is 42.6 Å². The number of amides is 3. The third kappa shape index (κ3) is 6.53. The van der Waals surface area contributed by atoms with E-state index < -0.39 is 17.4 Å². The van der Waals surface area contributed by atoms with E-state index in [0.29, 0.717) is 29.2 Å². The minimum Gasteiger partial charge on any atom is -0.345 e. The normalized spacial score (nSPS) is 17.2. The van der Waals surface area contributed by atoms with Crippen LogP contribution in [-0.2, 0) is 16.6 Å². The lowest BCUT2D eigenvalue weighted by atomic mass is 9.72. The van der Waals surface area contributed by atoms with Crippen LogP contribution in [-0.4, -0.2) is 41.2 Å². The number of aryl methyl sites for hydroxylation is 2. The summed E-state index contributed by atoms with van der Waals surface area (Å²) in [5.41, 5.74) is 4.14. The van der Waals surface area contributed by atoms with Gasteiger partial charge >= 0.3 is 6.03 Å². The first kappa shape index (κ1) is 30.4. The molecule has 2 N–H and O–H groups in total. The van der Waals surface area contributed by atoms with E-state index in [-0.39, 0.29) is 17.1 Å². The number of carbonyl (C=O) groups excluding carboxylic acids is 3. The fourth-order valence-corrected chi connectivity index (χ4v) is 6.50. The average Bonchev–Trinajstić information content (AvgIpc) is 3.31. The van der Waals surface area contributed by atoms with Crippen molar-refractivity contribution in [2.45, 2.75) is 73.1 Å². The molecule has 0 spiro atoms. The Kier molecular flexibility index (Phi) is 8.73. The third-order valence-corrected chi connectivity index (χ3v) is 9.51. The molecule has 1 saturated heterocycles. The zero-order valence-corrected chi connectivity index (χ0v) is 26.3. The number of nitrogens with one attached hydrogen (secondary N) is 2. The van der Waals surface area contributed by atoms with E-state index in [1.165, 1.54) is 11.3 Å². The summed E-state index contributed by atoms with van der Waals surface area (Å²) >= 11 is 1.41. The van der Waals surface area contributed by atoms with Gasteiger partial charge in [-0.2, -0.15) is 0 Å². The van der Waals surface area contributed by atoms with Crippen molar-refractivity contribution in [3.8, 4) is 11.1 Å². The van der Waals surface area contributed by atoms with Gasteiger partial charge in [0.15, 0.2) is 5.78 Å². The maximum Gasteiger partial charge on any atom is 0.324 e. The molecule has 0 radical (unpaired) electrons. The van der Waals surface area contributed by atoms with Crippen LogP contribution in [0.4, 0.5) is 15.5 Å². The van der Waals surface area contributed by atoms with E-state index in [1.807, 2.05) is 63.4 Å². The van der Waals surface area contributed by atoms with Gasteiger partial charge in [0.1, 0.15) is 5.00 Å². The van der Waals surface area contributed by atoms with Crippen LogP contribution in [0.3, 0.4) is 0 Å². The Hall–Kier alpha value is -3.52. The Labute approximate surface area is 247 Å². The number of nitrogens with zero attached hydrogens (tertiary/aromatic N) is 2. The minimum atomic E-state index is -0.839. The van der Waals surface area contributed by atoms with E-state index >= 15 is 0 Å². The number of hydrogen-bond donors (Lipinski definition) is 2. The molecule has 1 aromatic carbocycles. The molecule has 7 nitrogen and oxygen atoms in total. The van der Waals surface area contributed by atoms with Gasteiger partial charge in [0.2, 0.25) is 5.91 Å². The smallest absolute Gasteiger partial charge is 0.324 e. The molecule has 3 amide bonds. The SMILES string of the molecule is CCc1ccc(-c2cc(NC(=O)Nc3sc(C(C)(C)C)cc3C(=O)C3CCCN(C)C(=O)C3(C)C)ccc2C)cn1. The lowest BCUT2D eigenvalue weighted by Gasteiger charge is -2.32. The predicted molar refractivity (Wildman–Crippen MR) is 168 cm³/mol. The summed E-state index contributed by atoms with van der Waals surface area (Å²) in [6.45, 7) is 14.7. The number of anilines is 2.